The molecule has 0 unspecified atom stereocenters. The minimum Gasteiger partial charge on any atom is -0.484 e. The van der Waals surface area contributed by atoms with Crippen LogP contribution in [0.15, 0.2) is 56.1 Å². The van der Waals surface area contributed by atoms with Crippen LogP contribution in [-0.4, -0.2) is 25.6 Å². The summed E-state index contributed by atoms with van der Waals surface area (Å²) in [4.78, 5) is 38.5. The maximum absolute atomic E-state index is 12.8. The first kappa shape index (κ1) is 24.3. The van der Waals surface area contributed by atoms with Gasteiger partial charge in [0.05, 0.1) is 7.11 Å². The second kappa shape index (κ2) is 9.91. The number of esters is 1. The number of aryl methyl sites for hydroxylation is 2. The lowest BCUT2D eigenvalue weighted by atomic mass is 10.0. The molecule has 0 saturated carbocycles. The Morgan fingerprint density at radius 3 is 2.61 bits per heavy atom. The van der Waals surface area contributed by atoms with Crippen molar-refractivity contribution in [2.45, 2.75) is 26.2 Å². The quantitative estimate of drug-likeness (QED) is 0.231. The van der Waals surface area contributed by atoms with Gasteiger partial charge in [-0.2, -0.15) is 0 Å². The molecule has 7 nitrogen and oxygen atoms in total. The normalized spacial score (nSPS) is 12.4. The molecule has 0 fully saturated rings. The van der Waals surface area contributed by atoms with Crippen LogP contribution in [0.25, 0.3) is 22.1 Å². The van der Waals surface area contributed by atoms with E-state index in [1.165, 1.54) is 18.4 Å². The average Bonchev–Trinajstić information content (AvgIpc) is 3.48. The number of methoxy groups -OCH3 is 1. The van der Waals surface area contributed by atoms with Crippen molar-refractivity contribution in [1.29, 1.82) is 0 Å². The van der Waals surface area contributed by atoms with Gasteiger partial charge in [-0.3, -0.25) is 4.79 Å². The van der Waals surface area contributed by atoms with E-state index in [-0.39, 0.29) is 12.2 Å². The Morgan fingerprint density at radius 1 is 1.11 bits per heavy atom. The summed E-state index contributed by atoms with van der Waals surface area (Å²) >= 11 is 4.72. The summed E-state index contributed by atoms with van der Waals surface area (Å²) in [6.45, 7) is 1.60. The molecule has 36 heavy (non-hydrogen) atoms. The molecule has 0 atom stereocenters. The van der Waals surface area contributed by atoms with Crippen molar-refractivity contribution >= 4 is 55.1 Å². The van der Waals surface area contributed by atoms with Crippen molar-refractivity contribution in [2.24, 2.45) is 0 Å². The monoisotopic (exact) mass is 567 g/mol. The lowest BCUT2D eigenvalue weighted by molar-refractivity contribution is -0.118. The van der Waals surface area contributed by atoms with Crippen molar-refractivity contribution < 1.29 is 23.5 Å². The molecule has 2 aromatic heterocycles. The number of carbonyl (C=O) groups is 2. The molecule has 1 aliphatic rings. The molecule has 1 amide bonds. The van der Waals surface area contributed by atoms with E-state index < -0.39 is 11.9 Å². The maximum atomic E-state index is 12.8. The molecule has 4 aromatic rings. The average molecular weight is 568 g/mol. The molecule has 0 aliphatic heterocycles. The van der Waals surface area contributed by atoms with Crippen molar-refractivity contribution in [3.8, 4) is 16.9 Å². The van der Waals surface area contributed by atoms with E-state index in [4.69, 9.17) is 13.9 Å². The van der Waals surface area contributed by atoms with Crippen LogP contribution in [0.4, 0.5) is 5.00 Å². The van der Waals surface area contributed by atoms with Crippen LogP contribution in [-0.2, 0) is 22.4 Å². The standard InChI is InChI=1S/C27H22BrNO6S/c1-14-23(15-6-8-16(28)9-7-15)24(27(32)33-2)25(36-14)29-22(30)13-34-17-10-11-19-18-4-3-5-20(18)26(31)35-21(19)12-17/h6-12H,3-5,13H2,1-2H3,(H,29,30). The summed E-state index contributed by atoms with van der Waals surface area (Å²) in [6, 6.07) is 12.8. The zero-order chi connectivity index (χ0) is 25.4. The minimum absolute atomic E-state index is 0.286. The molecule has 1 N–H and O–H groups in total. The first-order chi connectivity index (χ1) is 17.4. The first-order valence-corrected chi connectivity index (χ1v) is 13.0. The highest BCUT2D eigenvalue weighted by Gasteiger charge is 2.25. The number of anilines is 1. The van der Waals surface area contributed by atoms with Gasteiger partial charge in [-0.25, -0.2) is 9.59 Å². The smallest absolute Gasteiger partial charge is 0.341 e. The van der Waals surface area contributed by atoms with Gasteiger partial charge >= 0.3 is 11.6 Å². The summed E-state index contributed by atoms with van der Waals surface area (Å²) < 4.78 is 17.1. The number of ether oxygens (including phenoxy) is 2. The molecular weight excluding hydrogens is 546 g/mol. The van der Waals surface area contributed by atoms with Crippen molar-refractivity contribution in [3.05, 3.63) is 78.9 Å². The Morgan fingerprint density at radius 2 is 1.86 bits per heavy atom. The van der Waals surface area contributed by atoms with E-state index in [0.717, 1.165) is 50.7 Å². The SMILES string of the molecule is COC(=O)c1c(NC(=O)COc2ccc3c4c(c(=O)oc3c2)CCC4)sc(C)c1-c1ccc(Br)cc1. The largest absolute Gasteiger partial charge is 0.484 e. The van der Waals surface area contributed by atoms with Crippen LogP contribution < -0.4 is 15.7 Å². The second-order valence-corrected chi connectivity index (χ2v) is 10.6. The fraction of sp³-hybridized carbons (Fsp3) is 0.222. The molecule has 2 heterocycles. The molecule has 0 saturated heterocycles. The number of hydrogen-bond acceptors (Lipinski definition) is 7. The Balaban J connectivity index is 1.36. The number of thiophene rings is 1. The Bertz CT molecular complexity index is 1550. The number of halogens is 1. The van der Waals surface area contributed by atoms with E-state index >= 15 is 0 Å². The Labute approximate surface area is 219 Å². The zero-order valence-electron chi connectivity index (χ0n) is 19.6. The topological polar surface area (TPSA) is 94.8 Å². The van der Waals surface area contributed by atoms with E-state index in [1.54, 1.807) is 12.1 Å². The third kappa shape index (κ3) is 4.56. The maximum Gasteiger partial charge on any atom is 0.341 e. The Hall–Kier alpha value is -3.43. The van der Waals surface area contributed by atoms with Crippen LogP contribution in [0.5, 0.6) is 5.75 Å². The second-order valence-electron chi connectivity index (χ2n) is 8.43. The van der Waals surface area contributed by atoms with Crippen molar-refractivity contribution in [3.63, 3.8) is 0 Å². The number of carbonyl (C=O) groups excluding carboxylic acids is 2. The number of benzene rings is 2. The predicted molar refractivity (Wildman–Crippen MR) is 142 cm³/mol. The van der Waals surface area contributed by atoms with E-state index in [9.17, 15) is 14.4 Å². The molecule has 0 radical (unpaired) electrons. The molecule has 184 valence electrons. The molecule has 1 aliphatic carbocycles. The minimum atomic E-state index is -0.537. The van der Waals surface area contributed by atoms with E-state index in [0.29, 0.717) is 27.5 Å². The van der Waals surface area contributed by atoms with Crippen molar-refractivity contribution in [2.75, 3.05) is 19.0 Å². The number of fused-ring (bicyclic) bond motifs is 3. The van der Waals surface area contributed by atoms with Gasteiger partial charge in [-0.15, -0.1) is 11.3 Å². The summed E-state index contributed by atoms with van der Waals surface area (Å²) in [5.41, 5.74) is 3.79. The van der Waals surface area contributed by atoms with Crippen LogP contribution in [0.3, 0.4) is 0 Å². The van der Waals surface area contributed by atoms with Crippen LogP contribution in [0.2, 0.25) is 0 Å². The van der Waals surface area contributed by atoms with Gasteiger partial charge in [0.15, 0.2) is 6.61 Å². The first-order valence-electron chi connectivity index (χ1n) is 11.3. The van der Waals surface area contributed by atoms with Gasteiger partial charge in [0.25, 0.3) is 5.91 Å². The summed E-state index contributed by atoms with van der Waals surface area (Å²) in [7, 11) is 1.31. The third-order valence-corrected chi connectivity index (χ3v) is 7.72. The zero-order valence-corrected chi connectivity index (χ0v) is 22.0. The highest BCUT2D eigenvalue weighted by Crippen LogP contribution is 2.40. The molecule has 0 bridgehead atoms. The number of rotatable bonds is 6. The molecule has 5 rings (SSSR count). The van der Waals surface area contributed by atoms with Gasteiger partial charge in [0.1, 0.15) is 21.9 Å². The van der Waals surface area contributed by atoms with Gasteiger partial charge in [-0.1, -0.05) is 28.1 Å². The van der Waals surface area contributed by atoms with Crippen LogP contribution in [0, 0.1) is 6.92 Å². The summed E-state index contributed by atoms with van der Waals surface area (Å²) in [5, 5.41) is 4.08. The van der Waals surface area contributed by atoms with E-state index in [2.05, 4.69) is 21.2 Å². The van der Waals surface area contributed by atoms with Gasteiger partial charge < -0.3 is 19.2 Å². The molecular formula is C27H22BrNO6S. The predicted octanol–water partition coefficient (Wildman–Crippen LogP) is 5.89. The lowest BCUT2D eigenvalue weighted by Gasteiger charge is -2.10. The van der Waals surface area contributed by atoms with Gasteiger partial charge in [0.2, 0.25) is 0 Å². The number of hydrogen-bond donors (Lipinski definition) is 1. The molecule has 9 heteroatoms. The Kier molecular flexibility index (Phi) is 6.68. The number of amides is 1. The fourth-order valence-electron chi connectivity index (χ4n) is 4.56. The molecule has 0 spiro atoms. The highest BCUT2D eigenvalue weighted by atomic mass is 79.9. The van der Waals surface area contributed by atoms with Gasteiger partial charge in [-0.05, 0) is 61.6 Å². The van der Waals surface area contributed by atoms with Gasteiger partial charge in [0, 0.05) is 31.9 Å². The van der Waals surface area contributed by atoms with Crippen LogP contribution in [0.1, 0.15) is 32.8 Å². The van der Waals surface area contributed by atoms with Crippen molar-refractivity contribution in [1.82, 2.24) is 0 Å². The summed E-state index contributed by atoms with van der Waals surface area (Å²) in [6.07, 6.45) is 2.54. The fourth-order valence-corrected chi connectivity index (χ4v) is 5.90. The summed E-state index contributed by atoms with van der Waals surface area (Å²) in [5.74, 6) is -0.560. The lowest BCUT2D eigenvalue weighted by Crippen LogP contribution is -2.21. The highest BCUT2D eigenvalue weighted by molar-refractivity contribution is 9.10. The third-order valence-electron chi connectivity index (χ3n) is 6.17. The van der Waals surface area contributed by atoms with E-state index in [1.807, 2.05) is 37.3 Å². The molecule has 2 aromatic carbocycles. The van der Waals surface area contributed by atoms with Crippen LogP contribution >= 0.6 is 27.3 Å². The number of nitrogens with one attached hydrogen (secondary N) is 1.